The van der Waals surface area contributed by atoms with Gasteiger partial charge in [-0.05, 0) is 66.5 Å². The van der Waals surface area contributed by atoms with Gasteiger partial charge in [0.05, 0.1) is 0 Å². The van der Waals surface area contributed by atoms with E-state index in [1.165, 1.54) is 38.3 Å². The van der Waals surface area contributed by atoms with Gasteiger partial charge in [-0.25, -0.2) is 0 Å². The number of allylic oxidation sites excluding steroid dienone is 4. The number of hydrogen-bond acceptors (Lipinski definition) is 1. The van der Waals surface area contributed by atoms with Crippen molar-refractivity contribution in [1.82, 2.24) is 0 Å². The van der Waals surface area contributed by atoms with Gasteiger partial charge in [0.15, 0.2) is 0 Å². The fourth-order valence-corrected chi connectivity index (χ4v) is 3.52. The van der Waals surface area contributed by atoms with Crippen LogP contribution in [0.1, 0.15) is 32.8 Å². The standard InChI is InChI=1S/C24H24S/c1-18(2)6-4-7-19(3)20-9-11-21(12-10-20)22-13-15-23(16-14-22)24-8-5-17-25-24/h5-17H,4H2,1-3H3/b19-7+. The van der Waals surface area contributed by atoms with Gasteiger partial charge in [-0.2, -0.15) is 0 Å². The molecule has 1 aromatic heterocycles. The summed E-state index contributed by atoms with van der Waals surface area (Å²) in [5.41, 5.74) is 7.80. The van der Waals surface area contributed by atoms with Gasteiger partial charge in [-0.3, -0.25) is 0 Å². The van der Waals surface area contributed by atoms with Gasteiger partial charge in [-0.15, -0.1) is 11.3 Å². The Bertz CT molecular complexity index is 857. The summed E-state index contributed by atoms with van der Waals surface area (Å²) in [6.45, 7) is 6.47. The molecule has 0 fully saturated rings. The fourth-order valence-electron chi connectivity index (χ4n) is 2.78. The topological polar surface area (TPSA) is 0 Å². The van der Waals surface area contributed by atoms with Crippen molar-refractivity contribution >= 4 is 16.9 Å². The maximum atomic E-state index is 2.29. The Morgan fingerprint density at radius 3 is 1.92 bits per heavy atom. The average molecular weight is 345 g/mol. The van der Waals surface area contributed by atoms with Gasteiger partial charge >= 0.3 is 0 Å². The van der Waals surface area contributed by atoms with E-state index >= 15 is 0 Å². The SMILES string of the molecule is CC(C)=CC/C=C(\C)c1ccc(-c2ccc(-c3cccs3)cc2)cc1. The summed E-state index contributed by atoms with van der Waals surface area (Å²) in [5, 5.41) is 2.12. The van der Waals surface area contributed by atoms with Crippen molar-refractivity contribution in [3.8, 4) is 21.6 Å². The lowest BCUT2D eigenvalue weighted by molar-refractivity contribution is 1.28. The van der Waals surface area contributed by atoms with Gasteiger partial charge in [0.2, 0.25) is 0 Å². The maximum absolute atomic E-state index is 2.29. The normalized spacial score (nSPS) is 11.4. The highest BCUT2D eigenvalue weighted by Gasteiger charge is 2.02. The van der Waals surface area contributed by atoms with Crippen molar-refractivity contribution in [1.29, 1.82) is 0 Å². The molecular weight excluding hydrogens is 320 g/mol. The number of rotatable bonds is 5. The summed E-state index contributed by atoms with van der Waals surface area (Å²) in [4.78, 5) is 1.32. The highest BCUT2D eigenvalue weighted by molar-refractivity contribution is 7.13. The van der Waals surface area contributed by atoms with Crippen LogP contribution in [-0.2, 0) is 0 Å². The lowest BCUT2D eigenvalue weighted by atomic mass is 9.99. The van der Waals surface area contributed by atoms with E-state index in [2.05, 4.69) is 99.0 Å². The lowest BCUT2D eigenvalue weighted by Gasteiger charge is -2.06. The summed E-state index contributed by atoms with van der Waals surface area (Å²) in [6.07, 6.45) is 5.55. The molecule has 2 aromatic carbocycles. The molecule has 1 heterocycles. The van der Waals surface area contributed by atoms with Gasteiger partial charge in [0, 0.05) is 4.88 Å². The molecule has 0 saturated heterocycles. The van der Waals surface area contributed by atoms with E-state index in [0.29, 0.717) is 0 Å². The molecule has 0 spiro atoms. The summed E-state index contributed by atoms with van der Waals surface area (Å²) < 4.78 is 0. The Kier molecular flexibility index (Phi) is 5.67. The van der Waals surface area contributed by atoms with Crippen molar-refractivity contribution in [3.05, 3.63) is 89.3 Å². The van der Waals surface area contributed by atoms with Crippen LogP contribution in [0.3, 0.4) is 0 Å². The highest BCUT2D eigenvalue weighted by Crippen LogP contribution is 2.28. The summed E-state index contributed by atoms with van der Waals surface area (Å²) in [7, 11) is 0. The first-order chi connectivity index (χ1) is 12.1. The molecule has 0 aliphatic carbocycles. The predicted octanol–water partition coefficient (Wildman–Crippen LogP) is 7.84. The van der Waals surface area contributed by atoms with Crippen LogP contribution < -0.4 is 0 Å². The summed E-state index contributed by atoms with van der Waals surface area (Å²) in [6, 6.07) is 22.0. The first-order valence-electron chi connectivity index (χ1n) is 8.68. The summed E-state index contributed by atoms with van der Waals surface area (Å²) in [5.74, 6) is 0. The van der Waals surface area contributed by atoms with Crippen LogP contribution >= 0.6 is 11.3 Å². The Balaban J connectivity index is 1.75. The van der Waals surface area contributed by atoms with Crippen LogP contribution in [0, 0.1) is 0 Å². The van der Waals surface area contributed by atoms with Gasteiger partial charge in [0.1, 0.15) is 0 Å². The Morgan fingerprint density at radius 2 is 1.36 bits per heavy atom. The highest BCUT2D eigenvalue weighted by atomic mass is 32.1. The quantitative estimate of drug-likeness (QED) is 0.413. The largest absolute Gasteiger partial charge is 0.144 e. The number of thiophene rings is 1. The summed E-state index contributed by atoms with van der Waals surface area (Å²) >= 11 is 1.78. The molecule has 25 heavy (non-hydrogen) atoms. The van der Waals surface area contributed by atoms with E-state index in [4.69, 9.17) is 0 Å². The van der Waals surface area contributed by atoms with E-state index in [-0.39, 0.29) is 0 Å². The minimum absolute atomic E-state index is 1.00. The molecule has 0 aliphatic heterocycles. The minimum atomic E-state index is 1.00. The predicted molar refractivity (Wildman–Crippen MR) is 113 cm³/mol. The van der Waals surface area contributed by atoms with Crippen molar-refractivity contribution in [3.63, 3.8) is 0 Å². The van der Waals surface area contributed by atoms with E-state index in [1.54, 1.807) is 11.3 Å². The molecule has 3 rings (SSSR count). The molecule has 0 aliphatic rings. The van der Waals surface area contributed by atoms with Crippen molar-refractivity contribution in [2.24, 2.45) is 0 Å². The number of benzene rings is 2. The Morgan fingerprint density at radius 1 is 0.760 bits per heavy atom. The molecule has 0 nitrogen and oxygen atoms in total. The third-order valence-electron chi connectivity index (χ3n) is 4.31. The van der Waals surface area contributed by atoms with Crippen LogP contribution in [0.25, 0.3) is 27.1 Å². The zero-order valence-electron chi connectivity index (χ0n) is 15.1. The molecule has 1 heteroatoms. The average Bonchev–Trinajstić information content (AvgIpc) is 3.16. The van der Waals surface area contributed by atoms with Crippen LogP contribution in [0.15, 0.2) is 83.8 Å². The van der Waals surface area contributed by atoms with Crippen molar-refractivity contribution < 1.29 is 0 Å². The molecule has 0 unspecified atom stereocenters. The molecule has 0 radical (unpaired) electrons. The zero-order chi connectivity index (χ0) is 17.6. The van der Waals surface area contributed by atoms with Crippen LogP contribution in [0.2, 0.25) is 0 Å². The second-order valence-corrected chi connectivity index (χ2v) is 7.48. The third kappa shape index (κ3) is 4.58. The maximum Gasteiger partial charge on any atom is 0.0342 e. The Labute approximate surface area is 155 Å². The molecule has 0 bridgehead atoms. The molecule has 126 valence electrons. The van der Waals surface area contributed by atoms with Crippen LogP contribution in [0.5, 0.6) is 0 Å². The van der Waals surface area contributed by atoms with Crippen LogP contribution in [-0.4, -0.2) is 0 Å². The molecule has 0 saturated carbocycles. The van der Waals surface area contributed by atoms with Crippen molar-refractivity contribution in [2.45, 2.75) is 27.2 Å². The van der Waals surface area contributed by atoms with E-state index < -0.39 is 0 Å². The second-order valence-electron chi connectivity index (χ2n) is 6.54. The smallest absolute Gasteiger partial charge is 0.0342 e. The van der Waals surface area contributed by atoms with Gasteiger partial charge in [-0.1, -0.05) is 72.3 Å². The molecule has 0 N–H and O–H groups in total. The second kappa shape index (κ2) is 8.13. The first kappa shape index (κ1) is 17.4. The molecule has 0 atom stereocenters. The van der Waals surface area contributed by atoms with Gasteiger partial charge < -0.3 is 0 Å². The monoisotopic (exact) mass is 344 g/mol. The van der Waals surface area contributed by atoms with Gasteiger partial charge in [0.25, 0.3) is 0 Å². The first-order valence-corrected chi connectivity index (χ1v) is 9.56. The molecule has 3 aromatic rings. The van der Waals surface area contributed by atoms with E-state index in [1.807, 2.05) is 0 Å². The van der Waals surface area contributed by atoms with E-state index in [0.717, 1.165) is 6.42 Å². The van der Waals surface area contributed by atoms with Crippen molar-refractivity contribution in [2.75, 3.05) is 0 Å². The number of hydrogen-bond donors (Lipinski definition) is 0. The molecule has 0 amide bonds. The van der Waals surface area contributed by atoms with E-state index in [9.17, 15) is 0 Å². The zero-order valence-corrected chi connectivity index (χ0v) is 15.9. The lowest BCUT2D eigenvalue weighted by Crippen LogP contribution is -1.82. The third-order valence-corrected chi connectivity index (χ3v) is 5.23. The van der Waals surface area contributed by atoms with Crippen LogP contribution in [0.4, 0.5) is 0 Å². The molecular formula is C24H24S. The Hall–Kier alpha value is -2.38. The minimum Gasteiger partial charge on any atom is -0.144 e. The fraction of sp³-hybridized carbons (Fsp3) is 0.167.